The predicted octanol–water partition coefficient (Wildman–Crippen LogP) is 1.85. The Morgan fingerprint density at radius 3 is 2.71 bits per heavy atom. The number of amides is 1. The van der Waals surface area contributed by atoms with E-state index >= 15 is 0 Å². The van der Waals surface area contributed by atoms with E-state index in [0.717, 1.165) is 26.1 Å². The molecule has 2 aliphatic rings. The standard InChI is InChI=1S/C13H24N2O2/c1-5-11-10-8-15(7-9(10)6-14-11)12(16)17-13(2,3)4/h9-11,14H,5-8H2,1-4H3. The molecule has 3 unspecified atom stereocenters. The second-order valence-corrected chi connectivity index (χ2v) is 6.23. The first kappa shape index (κ1) is 12.7. The van der Waals surface area contributed by atoms with Crippen molar-refractivity contribution in [2.24, 2.45) is 11.8 Å². The molecule has 1 N–H and O–H groups in total. The highest BCUT2D eigenvalue weighted by atomic mass is 16.6. The monoisotopic (exact) mass is 240 g/mol. The van der Waals surface area contributed by atoms with Crippen molar-refractivity contribution in [1.82, 2.24) is 10.2 Å². The van der Waals surface area contributed by atoms with E-state index in [1.165, 1.54) is 0 Å². The number of nitrogens with one attached hydrogen (secondary N) is 1. The Bertz CT molecular complexity index is 298. The summed E-state index contributed by atoms with van der Waals surface area (Å²) >= 11 is 0. The van der Waals surface area contributed by atoms with E-state index in [9.17, 15) is 4.79 Å². The zero-order chi connectivity index (χ0) is 12.6. The Balaban J connectivity index is 1.92. The summed E-state index contributed by atoms with van der Waals surface area (Å²) in [6, 6.07) is 0.576. The number of ether oxygens (including phenoxy) is 1. The van der Waals surface area contributed by atoms with Gasteiger partial charge in [-0.05, 0) is 39.0 Å². The number of nitrogens with zero attached hydrogens (tertiary/aromatic N) is 1. The van der Waals surface area contributed by atoms with Crippen molar-refractivity contribution in [1.29, 1.82) is 0 Å². The molecule has 98 valence electrons. The quantitative estimate of drug-likeness (QED) is 0.760. The van der Waals surface area contributed by atoms with Crippen LogP contribution >= 0.6 is 0 Å². The highest BCUT2D eigenvalue weighted by Crippen LogP contribution is 2.32. The summed E-state index contributed by atoms with van der Waals surface area (Å²) in [5, 5.41) is 3.54. The Kier molecular flexibility index (Phi) is 3.34. The number of likely N-dealkylation sites (tertiary alicyclic amines) is 1. The van der Waals surface area contributed by atoms with Crippen LogP contribution < -0.4 is 5.32 Å². The van der Waals surface area contributed by atoms with Gasteiger partial charge in [-0.3, -0.25) is 0 Å². The van der Waals surface area contributed by atoms with Crippen LogP contribution in [0.25, 0.3) is 0 Å². The minimum absolute atomic E-state index is 0.151. The first-order valence-electron chi connectivity index (χ1n) is 6.62. The number of rotatable bonds is 1. The molecule has 0 aromatic heterocycles. The van der Waals surface area contributed by atoms with E-state index < -0.39 is 5.60 Å². The molecule has 0 aliphatic carbocycles. The van der Waals surface area contributed by atoms with E-state index in [2.05, 4.69) is 12.2 Å². The van der Waals surface area contributed by atoms with Gasteiger partial charge in [-0.1, -0.05) is 6.92 Å². The van der Waals surface area contributed by atoms with E-state index in [1.807, 2.05) is 25.7 Å². The largest absolute Gasteiger partial charge is 0.444 e. The molecule has 3 atom stereocenters. The van der Waals surface area contributed by atoms with Gasteiger partial charge in [-0.2, -0.15) is 0 Å². The van der Waals surface area contributed by atoms with Gasteiger partial charge in [0.1, 0.15) is 5.60 Å². The number of carbonyl (C=O) groups excluding carboxylic acids is 1. The Labute approximate surface area is 104 Å². The molecule has 4 nitrogen and oxygen atoms in total. The topological polar surface area (TPSA) is 41.6 Å². The summed E-state index contributed by atoms with van der Waals surface area (Å²) in [7, 11) is 0. The minimum atomic E-state index is -0.392. The molecule has 0 aromatic rings. The van der Waals surface area contributed by atoms with Crippen LogP contribution in [-0.4, -0.2) is 42.3 Å². The molecule has 17 heavy (non-hydrogen) atoms. The van der Waals surface area contributed by atoms with Gasteiger partial charge < -0.3 is 15.0 Å². The lowest BCUT2D eigenvalue weighted by atomic mass is 9.93. The van der Waals surface area contributed by atoms with Gasteiger partial charge in [-0.25, -0.2) is 4.79 Å². The van der Waals surface area contributed by atoms with Gasteiger partial charge in [0.05, 0.1) is 0 Å². The summed E-state index contributed by atoms with van der Waals surface area (Å²) in [4.78, 5) is 13.8. The Morgan fingerprint density at radius 2 is 2.12 bits per heavy atom. The third-order valence-electron chi connectivity index (χ3n) is 3.74. The average molecular weight is 240 g/mol. The van der Waals surface area contributed by atoms with Crippen LogP contribution in [0.2, 0.25) is 0 Å². The van der Waals surface area contributed by atoms with Gasteiger partial charge >= 0.3 is 6.09 Å². The molecule has 0 saturated carbocycles. The zero-order valence-electron chi connectivity index (χ0n) is 11.3. The first-order chi connectivity index (χ1) is 7.90. The van der Waals surface area contributed by atoms with E-state index in [1.54, 1.807) is 0 Å². The first-order valence-corrected chi connectivity index (χ1v) is 6.62. The fraction of sp³-hybridized carbons (Fsp3) is 0.923. The Hall–Kier alpha value is -0.770. The molecule has 0 radical (unpaired) electrons. The lowest BCUT2D eigenvalue weighted by Gasteiger charge is -2.25. The summed E-state index contributed by atoms with van der Waals surface area (Å²) in [6.07, 6.45) is 0.991. The summed E-state index contributed by atoms with van der Waals surface area (Å²) in [5.74, 6) is 1.24. The third-order valence-corrected chi connectivity index (χ3v) is 3.74. The molecule has 2 aliphatic heterocycles. The molecule has 0 spiro atoms. The zero-order valence-corrected chi connectivity index (χ0v) is 11.3. The van der Waals surface area contributed by atoms with Crippen molar-refractivity contribution < 1.29 is 9.53 Å². The van der Waals surface area contributed by atoms with Crippen LogP contribution in [0.4, 0.5) is 4.79 Å². The summed E-state index contributed by atoms with van der Waals surface area (Å²) in [5.41, 5.74) is -0.392. The lowest BCUT2D eigenvalue weighted by molar-refractivity contribution is 0.0279. The van der Waals surface area contributed by atoms with Crippen molar-refractivity contribution >= 4 is 6.09 Å². The number of hydrogen-bond donors (Lipinski definition) is 1. The van der Waals surface area contributed by atoms with Crippen LogP contribution in [0.1, 0.15) is 34.1 Å². The SMILES string of the molecule is CCC1NCC2CN(C(=O)OC(C)(C)C)CC21. The molecule has 0 bridgehead atoms. The minimum Gasteiger partial charge on any atom is -0.444 e. The van der Waals surface area contributed by atoms with Gasteiger partial charge in [0.15, 0.2) is 0 Å². The van der Waals surface area contributed by atoms with E-state index in [-0.39, 0.29) is 6.09 Å². The lowest BCUT2D eigenvalue weighted by Crippen LogP contribution is -2.38. The summed E-state index contributed by atoms with van der Waals surface area (Å²) in [6.45, 7) is 10.7. The van der Waals surface area contributed by atoms with Crippen LogP contribution in [0.3, 0.4) is 0 Å². The highest BCUT2D eigenvalue weighted by Gasteiger charge is 2.43. The fourth-order valence-corrected chi connectivity index (χ4v) is 2.95. The molecular formula is C13H24N2O2. The molecule has 4 heteroatoms. The van der Waals surface area contributed by atoms with Crippen LogP contribution in [-0.2, 0) is 4.74 Å². The van der Waals surface area contributed by atoms with Crippen LogP contribution in [0.15, 0.2) is 0 Å². The number of carbonyl (C=O) groups is 1. The molecular weight excluding hydrogens is 216 g/mol. The average Bonchev–Trinajstić information content (AvgIpc) is 2.72. The third kappa shape index (κ3) is 2.73. The number of fused-ring (bicyclic) bond motifs is 1. The normalized spacial score (nSPS) is 32.7. The van der Waals surface area contributed by atoms with Crippen molar-refractivity contribution in [2.45, 2.75) is 45.8 Å². The molecule has 0 aromatic carbocycles. The predicted molar refractivity (Wildman–Crippen MR) is 66.9 cm³/mol. The smallest absolute Gasteiger partial charge is 0.410 e. The maximum atomic E-state index is 12.0. The second kappa shape index (κ2) is 4.48. The van der Waals surface area contributed by atoms with Gasteiger partial charge in [0.2, 0.25) is 0 Å². The van der Waals surface area contributed by atoms with E-state index in [0.29, 0.717) is 17.9 Å². The van der Waals surface area contributed by atoms with E-state index in [4.69, 9.17) is 4.74 Å². The van der Waals surface area contributed by atoms with Gasteiger partial charge in [0.25, 0.3) is 0 Å². The molecule has 2 rings (SSSR count). The van der Waals surface area contributed by atoms with Gasteiger partial charge in [0, 0.05) is 25.7 Å². The van der Waals surface area contributed by atoms with Gasteiger partial charge in [-0.15, -0.1) is 0 Å². The molecule has 2 saturated heterocycles. The Morgan fingerprint density at radius 1 is 1.41 bits per heavy atom. The van der Waals surface area contributed by atoms with Crippen molar-refractivity contribution in [3.63, 3.8) is 0 Å². The molecule has 2 fully saturated rings. The molecule has 1 amide bonds. The fourth-order valence-electron chi connectivity index (χ4n) is 2.95. The number of hydrogen-bond acceptors (Lipinski definition) is 3. The summed E-state index contributed by atoms with van der Waals surface area (Å²) < 4.78 is 5.42. The highest BCUT2D eigenvalue weighted by molar-refractivity contribution is 5.68. The van der Waals surface area contributed by atoms with Crippen molar-refractivity contribution in [2.75, 3.05) is 19.6 Å². The molecule has 2 heterocycles. The maximum absolute atomic E-state index is 12.0. The van der Waals surface area contributed by atoms with Crippen LogP contribution in [0.5, 0.6) is 0 Å². The maximum Gasteiger partial charge on any atom is 0.410 e. The van der Waals surface area contributed by atoms with Crippen molar-refractivity contribution in [3.05, 3.63) is 0 Å². The second-order valence-electron chi connectivity index (χ2n) is 6.23. The van der Waals surface area contributed by atoms with Crippen LogP contribution in [0, 0.1) is 11.8 Å². The van der Waals surface area contributed by atoms with Crippen molar-refractivity contribution in [3.8, 4) is 0 Å².